The highest BCUT2D eigenvalue weighted by Crippen LogP contribution is 2.23. The molecule has 2 N–H and O–H groups in total. The van der Waals surface area contributed by atoms with E-state index in [2.05, 4.69) is 10.6 Å². The Morgan fingerprint density at radius 3 is 2.31 bits per heavy atom. The average molecular weight is 360 g/mol. The molecule has 0 saturated heterocycles. The van der Waals surface area contributed by atoms with Crippen molar-refractivity contribution < 1.29 is 18.4 Å². The summed E-state index contributed by atoms with van der Waals surface area (Å²) >= 11 is 0. The number of carbonyl (C=O) groups is 2. The van der Waals surface area contributed by atoms with E-state index in [1.807, 2.05) is 6.92 Å². The summed E-state index contributed by atoms with van der Waals surface area (Å²) in [4.78, 5) is 24.4. The van der Waals surface area contributed by atoms with E-state index in [9.17, 15) is 18.4 Å². The van der Waals surface area contributed by atoms with E-state index in [-0.39, 0.29) is 29.8 Å². The Morgan fingerprint density at radius 1 is 1.04 bits per heavy atom. The molecule has 2 amide bonds. The molecule has 0 bridgehead atoms. The Balaban J connectivity index is 1.92. The van der Waals surface area contributed by atoms with Crippen LogP contribution in [-0.2, 0) is 9.59 Å². The van der Waals surface area contributed by atoms with Crippen LogP contribution in [0.25, 0.3) is 0 Å². The fourth-order valence-electron chi connectivity index (χ4n) is 2.63. The summed E-state index contributed by atoms with van der Waals surface area (Å²) in [5.74, 6) is -1.73. The molecule has 0 aliphatic heterocycles. The number of nitrogens with one attached hydrogen (secondary N) is 2. The Kier molecular flexibility index (Phi) is 6.83. The van der Waals surface area contributed by atoms with Gasteiger partial charge < -0.3 is 10.6 Å². The average Bonchev–Trinajstić information content (AvgIpc) is 2.62. The summed E-state index contributed by atoms with van der Waals surface area (Å²) in [6.07, 6.45) is 0.883. The molecule has 0 fully saturated rings. The summed E-state index contributed by atoms with van der Waals surface area (Å²) in [6, 6.07) is 11.0. The molecule has 2 aromatic carbocycles. The molecule has 2 aromatic rings. The lowest BCUT2D eigenvalue weighted by molar-refractivity contribution is -0.126. The molecule has 0 aliphatic carbocycles. The highest BCUT2D eigenvalue weighted by atomic mass is 19.1. The highest BCUT2D eigenvalue weighted by Gasteiger charge is 2.20. The highest BCUT2D eigenvalue weighted by molar-refractivity contribution is 5.97. The topological polar surface area (TPSA) is 58.2 Å². The predicted molar refractivity (Wildman–Crippen MR) is 96.7 cm³/mol. The molecule has 0 radical (unpaired) electrons. The number of carbonyl (C=O) groups excluding carboxylic acids is 2. The van der Waals surface area contributed by atoms with Crippen LogP contribution in [-0.4, -0.2) is 17.9 Å². The van der Waals surface area contributed by atoms with Crippen molar-refractivity contribution in [1.29, 1.82) is 0 Å². The largest absolute Gasteiger partial charge is 0.345 e. The summed E-state index contributed by atoms with van der Waals surface area (Å²) < 4.78 is 26.6. The lowest BCUT2D eigenvalue weighted by atomic mass is 9.93. The van der Waals surface area contributed by atoms with Crippen LogP contribution in [0.5, 0.6) is 0 Å². The fourth-order valence-corrected chi connectivity index (χ4v) is 2.63. The van der Waals surface area contributed by atoms with Gasteiger partial charge in [0.15, 0.2) is 0 Å². The van der Waals surface area contributed by atoms with Crippen LogP contribution < -0.4 is 10.6 Å². The summed E-state index contributed by atoms with van der Waals surface area (Å²) in [6.45, 7) is 3.47. The molecule has 0 aliphatic rings. The van der Waals surface area contributed by atoms with Crippen molar-refractivity contribution in [2.75, 3.05) is 5.32 Å². The van der Waals surface area contributed by atoms with Gasteiger partial charge in [0.05, 0.1) is 5.69 Å². The lowest BCUT2D eigenvalue weighted by Gasteiger charge is -2.18. The van der Waals surface area contributed by atoms with Gasteiger partial charge in [0.2, 0.25) is 11.8 Å². The standard InChI is InChI=1S/C20H22F2N2O2/c1-3-14(15-8-10-16(21)11-9-15)12-19(25)23-13(2)20(26)24-18-7-5-4-6-17(18)22/h4-11,13-14H,3,12H2,1-2H3,(H,23,25)(H,24,26). The summed E-state index contributed by atoms with van der Waals surface area (Å²) in [5.41, 5.74) is 0.934. The minimum Gasteiger partial charge on any atom is -0.345 e. The molecule has 138 valence electrons. The van der Waals surface area contributed by atoms with Gasteiger partial charge in [-0.05, 0) is 49.1 Å². The van der Waals surface area contributed by atoms with E-state index in [4.69, 9.17) is 0 Å². The first-order chi connectivity index (χ1) is 12.4. The fraction of sp³-hybridized carbons (Fsp3) is 0.300. The van der Waals surface area contributed by atoms with E-state index in [1.54, 1.807) is 18.2 Å². The van der Waals surface area contributed by atoms with Gasteiger partial charge in [-0.15, -0.1) is 0 Å². The first-order valence-corrected chi connectivity index (χ1v) is 8.51. The van der Waals surface area contributed by atoms with Crippen LogP contribution in [0.3, 0.4) is 0 Å². The Morgan fingerprint density at radius 2 is 1.69 bits per heavy atom. The third-order valence-electron chi connectivity index (χ3n) is 4.17. The zero-order valence-electron chi connectivity index (χ0n) is 14.8. The first kappa shape index (κ1) is 19.6. The smallest absolute Gasteiger partial charge is 0.246 e. The summed E-state index contributed by atoms with van der Waals surface area (Å²) in [7, 11) is 0. The number of para-hydroxylation sites is 1. The molecule has 0 heterocycles. The lowest BCUT2D eigenvalue weighted by Crippen LogP contribution is -2.42. The van der Waals surface area contributed by atoms with Crippen molar-refractivity contribution in [2.45, 2.75) is 38.6 Å². The van der Waals surface area contributed by atoms with Gasteiger partial charge in [0.1, 0.15) is 17.7 Å². The molecular formula is C20H22F2N2O2. The molecular weight excluding hydrogens is 338 g/mol. The number of halogens is 2. The van der Waals surface area contributed by atoms with E-state index in [1.165, 1.54) is 37.3 Å². The molecule has 2 rings (SSSR count). The van der Waals surface area contributed by atoms with Crippen molar-refractivity contribution in [3.05, 3.63) is 65.7 Å². The Bertz CT molecular complexity index is 763. The van der Waals surface area contributed by atoms with Gasteiger partial charge in [0, 0.05) is 6.42 Å². The van der Waals surface area contributed by atoms with Gasteiger partial charge in [-0.2, -0.15) is 0 Å². The van der Waals surface area contributed by atoms with E-state index in [0.29, 0.717) is 6.42 Å². The zero-order valence-corrected chi connectivity index (χ0v) is 14.8. The van der Waals surface area contributed by atoms with Gasteiger partial charge in [-0.1, -0.05) is 31.2 Å². The normalized spacial score (nSPS) is 12.9. The van der Waals surface area contributed by atoms with E-state index < -0.39 is 17.8 Å². The SMILES string of the molecule is CCC(CC(=O)NC(C)C(=O)Nc1ccccc1F)c1ccc(F)cc1. The molecule has 6 heteroatoms. The number of benzene rings is 2. The van der Waals surface area contributed by atoms with Gasteiger partial charge in [-0.3, -0.25) is 9.59 Å². The van der Waals surface area contributed by atoms with Crippen LogP contribution in [0.2, 0.25) is 0 Å². The molecule has 0 spiro atoms. The second-order valence-corrected chi connectivity index (χ2v) is 6.12. The third kappa shape index (κ3) is 5.37. The van der Waals surface area contributed by atoms with Crippen molar-refractivity contribution in [3.63, 3.8) is 0 Å². The minimum atomic E-state index is -0.812. The van der Waals surface area contributed by atoms with Gasteiger partial charge in [0.25, 0.3) is 0 Å². The Hall–Kier alpha value is -2.76. The molecule has 4 nitrogen and oxygen atoms in total. The first-order valence-electron chi connectivity index (χ1n) is 8.51. The third-order valence-corrected chi connectivity index (χ3v) is 4.17. The minimum absolute atomic E-state index is 0.0661. The second kappa shape index (κ2) is 9.08. The molecule has 26 heavy (non-hydrogen) atoms. The quantitative estimate of drug-likeness (QED) is 0.784. The number of amides is 2. The summed E-state index contributed by atoms with van der Waals surface area (Å²) in [5, 5.41) is 5.07. The molecule has 2 unspecified atom stereocenters. The van der Waals surface area contributed by atoms with Crippen molar-refractivity contribution in [2.24, 2.45) is 0 Å². The number of anilines is 1. The van der Waals surface area contributed by atoms with Crippen LogP contribution in [0, 0.1) is 11.6 Å². The maximum Gasteiger partial charge on any atom is 0.246 e. The molecule has 0 aromatic heterocycles. The van der Waals surface area contributed by atoms with Crippen molar-refractivity contribution in [1.82, 2.24) is 5.32 Å². The maximum atomic E-state index is 13.6. The molecule has 2 atom stereocenters. The van der Waals surface area contributed by atoms with Gasteiger partial charge in [-0.25, -0.2) is 8.78 Å². The van der Waals surface area contributed by atoms with Crippen LogP contribution in [0.4, 0.5) is 14.5 Å². The van der Waals surface area contributed by atoms with Crippen molar-refractivity contribution in [3.8, 4) is 0 Å². The number of hydrogen-bond donors (Lipinski definition) is 2. The predicted octanol–water partition coefficient (Wildman–Crippen LogP) is 3.99. The van der Waals surface area contributed by atoms with Gasteiger partial charge >= 0.3 is 0 Å². The van der Waals surface area contributed by atoms with E-state index in [0.717, 1.165) is 5.56 Å². The van der Waals surface area contributed by atoms with Crippen molar-refractivity contribution >= 4 is 17.5 Å². The monoisotopic (exact) mass is 360 g/mol. The maximum absolute atomic E-state index is 13.6. The molecule has 0 saturated carbocycles. The van der Waals surface area contributed by atoms with E-state index >= 15 is 0 Å². The Labute approximate surface area is 151 Å². The van der Waals surface area contributed by atoms with Crippen LogP contribution in [0.15, 0.2) is 48.5 Å². The number of hydrogen-bond acceptors (Lipinski definition) is 2. The number of rotatable bonds is 7. The van der Waals surface area contributed by atoms with Crippen LogP contribution >= 0.6 is 0 Å². The second-order valence-electron chi connectivity index (χ2n) is 6.12. The zero-order chi connectivity index (χ0) is 19.1. The van der Waals surface area contributed by atoms with Crippen LogP contribution in [0.1, 0.15) is 38.2 Å².